The standard InChI is InChI=1S/C24H27FN4/c1-26-24-20(8-5-13-27-24)17-29-14-6-9-19(16-29)23-12-4-10-21(28-23)15-18-7-2-3-11-22(18)25/h2-5,7-8,10-13,19H,6,9,14-17H2,1H3,(H,26,27)/t19-/m0/s1. The van der Waals surface area contributed by atoms with Gasteiger partial charge in [0.15, 0.2) is 0 Å². The van der Waals surface area contributed by atoms with Crippen LogP contribution in [0.15, 0.2) is 60.8 Å². The Kier molecular flexibility index (Phi) is 6.15. The minimum absolute atomic E-state index is 0.166. The lowest BCUT2D eigenvalue weighted by molar-refractivity contribution is 0.198. The molecule has 0 aliphatic carbocycles. The average Bonchev–Trinajstić information content (AvgIpc) is 2.76. The Bertz CT molecular complexity index is 959. The number of pyridine rings is 2. The van der Waals surface area contributed by atoms with E-state index < -0.39 is 0 Å². The van der Waals surface area contributed by atoms with Crippen molar-refractivity contribution < 1.29 is 4.39 Å². The van der Waals surface area contributed by atoms with Crippen LogP contribution >= 0.6 is 0 Å². The zero-order chi connectivity index (χ0) is 20.1. The van der Waals surface area contributed by atoms with Crippen LogP contribution in [0.3, 0.4) is 0 Å². The van der Waals surface area contributed by atoms with E-state index in [4.69, 9.17) is 4.98 Å². The second-order valence-corrected chi connectivity index (χ2v) is 7.66. The van der Waals surface area contributed by atoms with Gasteiger partial charge < -0.3 is 5.32 Å². The number of likely N-dealkylation sites (tertiary alicyclic amines) is 1. The lowest BCUT2D eigenvalue weighted by Crippen LogP contribution is -2.34. The predicted molar refractivity (Wildman–Crippen MR) is 114 cm³/mol. The fourth-order valence-corrected chi connectivity index (χ4v) is 4.13. The number of nitrogens with one attached hydrogen (secondary N) is 1. The van der Waals surface area contributed by atoms with Gasteiger partial charge in [-0.3, -0.25) is 9.88 Å². The van der Waals surface area contributed by atoms with Crippen molar-refractivity contribution in [1.29, 1.82) is 0 Å². The summed E-state index contributed by atoms with van der Waals surface area (Å²) < 4.78 is 14.0. The Morgan fingerprint density at radius 1 is 1.07 bits per heavy atom. The van der Waals surface area contributed by atoms with E-state index in [1.807, 2.05) is 37.5 Å². The molecule has 4 rings (SSSR count). The van der Waals surface area contributed by atoms with E-state index in [0.717, 1.165) is 49.7 Å². The van der Waals surface area contributed by atoms with E-state index in [-0.39, 0.29) is 5.82 Å². The maximum Gasteiger partial charge on any atom is 0.130 e. The van der Waals surface area contributed by atoms with E-state index in [9.17, 15) is 4.39 Å². The average molecular weight is 391 g/mol. The van der Waals surface area contributed by atoms with Gasteiger partial charge in [-0.15, -0.1) is 0 Å². The SMILES string of the molecule is CNc1ncccc1CN1CCC[C@H](c2cccc(Cc3ccccc3F)n2)C1. The number of halogens is 1. The van der Waals surface area contributed by atoms with Crippen LogP contribution in [0.5, 0.6) is 0 Å². The first-order chi connectivity index (χ1) is 14.2. The second kappa shape index (κ2) is 9.14. The topological polar surface area (TPSA) is 41.1 Å². The van der Waals surface area contributed by atoms with Crippen molar-refractivity contribution in [3.8, 4) is 0 Å². The van der Waals surface area contributed by atoms with Gasteiger partial charge in [0.1, 0.15) is 11.6 Å². The Balaban J connectivity index is 1.46. The zero-order valence-electron chi connectivity index (χ0n) is 16.8. The molecule has 1 N–H and O–H groups in total. The molecule has 0 spiro atoms. The molecule has 0 amide bonds. The highest BCUT2D eigenvalue weighted by Gasteiger charge is 2.23. The van der Waals surface area contributed by atoms with Gasteiger partial charge >= 0.3 is 0 Å². The number of hydrogen-bond donors (Lipinski definition) is 1. The molecule has 29 heavy (non-hydrogen) atoms. The van der Waals surface area contributed by atoms with Crippen molar-refractivity contribution in [2.45, 2.75) is 31.7 Å². The zero-order valence-corrected chi connectivity index (χ0v) is 16.8. The van der Waals surface area contributed by atoms with E-state index in [0.29, 0.717) is 17.9 Å². The number of anilines is 1. The van der Waals surface area contributed by atoms with Crippen molar-refractivity contribution >= 4 is 5.82 Å². The number of rotatable bonds is 6. The minimum atomic E-state index is -0.166. The number of hydrogen-bond acceptors (Lipinski definition) is 4. The van der Waals surface area contributed by atoms with Gasteiger partial charge in [0.2, 0.25) is 0 Å². The molecule has 1 aliphatic heterocycles. The molecule has 4 nitrogen and oxygen atoms in total. The molecule has 5 heteroatoms. The Morgan fingerprint density at radius 2 is 1.93 bits per heavy atom. The Labute approximate surface area is 171 Å². The summed E-state index contributed by atoms with van der Waals surface area (Å²) in [5, 5.41) is 3.18. The van der Waals surface area contributed by atoms with Gasteiger partial charge in [0, 0.05) is 55.6 Å². The first-order valence-electron chi connectivity index (χ1n) is 10.3. The molecule has 1 aromatic carbocycles. The second-order valence-electron chi connectivity index (χ2n) is 7.66. The molecule has 0 saturated carbocycles. The van der Waals surface area contributed by atoms with Gasteiger partial charge in [-0.1, -0.05) is 30.3 Å². The van der Waals surface area contributed by atoms with Crippen LogP contribution in [0.25, 0.3) is 0 Å². The summed E-state index contributed by atoms with van der Waals surface area (Å²) in [7, 11) is 1.91. The molecule has 3 heterocycles. The smallest absolute Gasteiger partial charge is 0.130 e. The summed E-state index contributed by atoms with van der Waals surface area (Å²) in [5.74, 6) is 1.18. The molecule has 0 unspecified atom stereocenters. The first kappa shape index (κ1) is 19.5. The highest BCUT2D eigenvalue weighted by atomic mass is 19.1. The third kappa shape index (κ3) is 4.80. The molecule has 2 aromatic heterocycles. The molecule has 0 radical (unpaired) electrons. The van der Waals surface area contributed by atoms with E-state index >= 15 is 0 Å². The Hall–Kier alpha value is -2.79. The van der Waals surface area contributed by atoms with Crippen LogP contribution in [0.1, 0.15) is 41.3 Å². The Morgan fingerprint density at radius 3 is 2.79 bits per heavy atom. The summed E-state index contributed by atoms with van der Waals surface area (Å²) in [6, 6.07) is 17.2. The molecule has 1 saturated heterocycles. The predicted octanol–water partition coefficient (Wildman–Crippen LogP) is 4.63. The van der Waals surface area contributed by atoms with Gasteiger partial charge in [0.25, 0.3) is 0 Å². The molecular weight excluding hydrogens is 363 g/mol. The fourth-order valence-electron chi connectivity index (χ4n) is 4.13. The van der Waals surface area contributed by atoms with Crippen molar-refractivity contribution in [2.75, 3.05) is 25.5 Å². The summed E-state index contributed by atoms with van der Waals surface area (Å²) in [4.78, 5) is 11.8. The maximum absolute atomic E-state index is 14.0. The van der Waals surface area contributed by atoms with Crippen molar-refractivity contribution in [3.05, 3.63) is 89.1 Å². The maximum atomic E-state index is 14.0. The van der Waals surface area contributed by atoms with Crippen LogP contribution in [0, 0.1) is 5.82 Å². The lowest BCUT2D eigenvalue weighted by atomic mass is 9.93. The van der Waals surface area contributed by atoms with Crippen LogP contribution in [0.4, 0.5) is 10.2 Å². The van der Waals surface area contributed by atoms with E-state index in [1.165, 1.54) is 11.6 Å². The molecule has 3 aromatic rings. The first-order valence-corrected chi connectivity index (χ1v) is 10.3. The number of nitrogens with zero attached hydrogens (tertiary/aromatic N) is 3. The van der Waals surface area contributed by atoms with Crippen LogP contribution in [-0.4, -0.2) is 35.0 Å². The van der Waals surface area contributed by atoms with E-state index in [2.05, 4.69) is 33.4 Å². The van der Waals surface area contributed by atoms with Gasteiger partial charge in [0.05, 0.1) is 0 Å². The van der Waals surface area contributed by atoms with E-state index in [1.54, 1.807) is 6.07 Å². The third-order valence-electron chi connectivity index (χ3n) is 5.60. The van der Waals surface area contributed by atoms with Crippen LogP contribution < -0.4 is 5.32 Å². The highest BCUT2D eigenvalue weighted by molar-refractivity contribution is 5.42. The van der Waals surface area contributed by atoms with Gasteiger partial charge in [-0.2, -0.15) is 0 Å². The van der Waals surface area contributed by atoms with Crippen molar-refractivity contribution in [2.24, 2.45) is 0 Å². The quantitative estimate of drug-likeness (QED) is 0.666. The minimum Gasteiger partial charge on any atom is -0.373 e. The summed E-state index contributed by atoms with van der Waals surface area (Å²) in [6.07, 6.45) is 4.63. The number of benzene rings is 1. The largest absolute Gasteiger partial charge is 0.373 e. The highest BCUT2D eigenvalue weighted by Crippen LogP contribution is 2.28. The molecule has 1 aliphatic rings. The normalized spacial score (nSPS) is 17.2. The van der Waals surface area contributed by atoms with Crippen LogP contribution in [-0.2, 0) is 13.0 Å². The summed E-state index contributed by atoms with van der Waals surface area (Å²) >= 11 is 0. The third-order valence-corrected chi connectivity index (χ3v) is 5.60. The molecule has 1 atom stereocenters. The van der Waals surface area contributed by atoms with Crippen LogP contribution in [0.2, 0.25) is 0 Å². The fraction of sp³-hybridized carbons (Fsp3) is 0.333. The number of aromatic nitrogens is 2. The molecular formula is C24H27FN4. The summed E-state index contributed by atoms with van der Waals surface area (Å²) in [6.45, 7) is 2.95. The summed E-state index contributed by atoms with van der Waals surface area (Å²) in [5.41, 5.74) is 3.95. The molecule has 1 fully saturated rings. The van der Waals surface area contributed by atoms with Gasteiger partial charge in [-0.05, 0) is 49.2 Å². The van der Waals surface area contributed by atoms with Gasteiger partial charge in [-0.25, -0.2) is 9.37 Å². The van der Waals surface area contributed by atoms with Crippen molar-refractivity contribution in [3.63, 3.8) is 0 Å². The van der Waals surface area contributed by atoms with Crippen molar-refractivity contribution in [1.82, 2.24) is 14.9 Å². The molecule has 0 bridgehead atoms. The number of piperidine rings is 1. The monoisotopic (exact) mass is 390 g/mol. The molecule has 150 valence electrons. The lowest BCUT2D eigenvalue weighted by Gasteiger charge is -2.33.